The van der Waals surface area contributed by atoms with E-state index in [9.17, 15) is 9.90 Å². The van der Waals surface area contributed by atoms with Crippen LogP contribution in [0.3, 0.4) is 0 Å². The largest absolute Gasteiger partial charge is 0.508 e. The molecule has 1 amide bonds. The fraction of sp³-hybridized carbons (Fsp3) is 0.300. The number of amides is 1. The molecule has 0 fully saturated rings. The van der Waals surface area contributed by atoms with Gasteiger partial charge in [0.15, 0.2) is 5.96 Å². The molecule has 0 atom stereocenters. The first kappa shape index (κ1) is 23.5. The molecule has 0 aliphatic heterocycles. The summed E-state index contributed by atoms with van der Waals surface area (Å²) < 4.78 is 5.40. The highest BCUT2D eigenvalue weighted by Crippen LogP contribution is 2.20. The number of phenols is 1. The first-order valence-electron chi connectivity index (χ1n) is 8.76. The number of hydrogen-bond acceptors (Lipinski definition) is 4. The van der Waals surface area contributed by atoms with Crippen LogP contribution in [0.1, 0.15) is 18.1 Å². The number of halogens is 1. The molecule has 0 spiro atoms. The second-order valence-corrected chi connectivity index (χ2v) is 5.96. The van der Waals surface area contributed by atoms with Crippen LogP contribution in [0.15, 0.2) is 47.5 Å². The number of carbonyl (C=O) groups excluding carboxylic acids is 1. The molecule has 0 aromatic heterocycles. The van der Waals surface area contributed by atoms with Crippen molar-refractivity contribution in [3.05, 3.63) is 53.6 Å². The van der Waals surface area contributed by atoms with Gasteiger partial charge in [-0.05, 0) is 49.7 Å². The standard InChI is InChI=1S/C20H26N4O3.HI/c1-4-21-20(22-12-15-6-5-14(2)11-18(15)27-3)23-13-19(26)24-16-7-9-17(25)10-8-16;/h5-11,25H,4,12-13H2,1-3H3,(H,24,26)(H2,21,22,23);1H. The summed E-state index contributed by atoms with van der Waals surface area (Å²) in [5.74, 6) is 1.28. The number of carbonyl (C=O) groups is 1. The highest BCUT2D eigenvalue weighted by atomic mass is 127. The SMILES string of the molecule is CCNC(=NCc1ccc(C)cc1OC)NCC(=O)Nc1ccc(O)cc1.I. The van der Waals surface area contributed by atoms with E-state index in [1.165, 1.54) is 12.1 Å². The predicted molar refractivity (Wildman–Crippen MR) is 123 cm³/mol. The molecule has 2 aromatic carbocycles. The van der Waals surface area contributed by atoms with E-state index in [1.54, 1.807) is 19.2 Å². The maximum Gasteiger partial charge on any atom is 0.243 e. The Balaban J connectivity index is 0.00000392. The topological polar surface area (TPSA) is 95.0 Å². The normalized spacial score (nSPS) is 10.6. The van der Waals surface area contributed by atoms with Crippen molar-refractivity contribution in [2.24, 2.45) is 4.99 Å². The summed E-state index contributed by atoms with van der Waals surface area (Å²) in [5.41, 5.74) is 2.70. The van der Waals surface area contributed by atoms with Crippen molar-refractivity contribution in [1.82, 2.24) is 10.6 Å². The molecule has 152 valence electrons. The van der Waals surface area contributed by atoms with Crippen LogP contribution >= 0.6 is 24.0 Å². The quantitative estimate of drug-likeness (QED) is 0.204. The van der Waals surface area contributed by atoms with E-state index in [4.69, 9.17) is 4.74 Å². The zero-order valence-electron chi connectivity index (χ0n) is 16.3. The molecule has 2 aromatic rings. The summed E-state index contributed by atoms with van der Waals surface area (Å²) in [6.07, 6.45) is 0. The summed E-state index contributed by atoms with van der Waals surface area (Å²) in [5, 5.41) is 18.1. The lowest BCUT2D eigenvalue weighted by atomic mass is 10.1. The minimum absolute atomic E-state index is 0. The number of ether oxygens (including phenoxy) is 1. The summed E-state index contributed by atoms with van der Waals surface area (Å²) in [7, 11) is 1.64. The molecule has 0 aliphatic carbocycles. The molecule has 0 heterocycles. The van der Waals surface area contributed by atoms with Crippen molar-refractivity contribution in [1.29, 1.82) is 0 Å². The van der Waals surface area contributed by atoms with E-state index in [0.29, 0.717) is 24.7 Å². The zero-order chi connectivity index (χ0) is 19.6. The summed E-state index contributed by atoms with van der Waals surface area (Å²) in [4.78, 5) is 16.6. The lowest BCUT2D eigenvalue weighted by Gasteiger charge is -2.12. The molecule has 8 heteroatoms. The number of nitrogens with zero attached hydrogens (tertiary/aromatic N) is 1. The smallest absolute Gasteiger partial charge is 0.243 e. The number of aromatic hydroxyl groups is 1. The molecule has 0 saturated carbocycles. The fourth-order valence-corrected chi connectivity index (χ4v) is 2.40. The van der Waals surface area contributed by atoms with E-state index >= 15 is 0 Å². The lowest BCUT2D eigenvalue weighted by Crippen LogP contribution is -2.41. The van der Waals surface area contributed by atoms with Gasteiger partial charge in [-0.2, -0.15) is 0 Å². The van der Waals surface area contributed by atoms with Crippen molar-refractivity contribution < 1.29 is 14.6 Å². The van der Waals surface area contributed by atoms with Gasteiger partial charge in [-0.25, -0.2) is 4.99 Å². The number of guanidine groups is 1. The highest BCUT2D eigenvalue weighted by molar-refractivity contribution is 14.0. The van der Waals surface area contributed by atoms with Gasteiger partial charge < -0.3 is 25.8 Å². The number of benzene rings is 2. The number of phenolic OH excluding ortho intramolecular Hbond substituents is 1. The van der Waals surface area contributed by atoms with Crippen molar-refractivity contribution in [3.8, 4) is 11.5 Å². The van der Waals surface area contributed by atoms with Crippen LogP contribution in [0.5, 0.6) is 11.5 Å². The number of aryl methyl sites for hydroxylation is 1. The monoisotopic (exact) mass is 498 g/mol. The van der Waals surface area contributed by atoms with Crippen LogP contribution in [0, 0.1) is 6.92 Å². The van der Waals surface area contributed by atoms with E-state index < -0.39 is 0 Å². The lowest BCUT2D eigenvalue weighted by molar-refractivity contribution is -0.115. The third kappa shape index (κ3) is 7.63. The maximum absolute atomic E-state index is 12.1. The number of nitrogens with one attached hydrogen (secondary N) is 3. The highest BCUT2D eigenvalue weighted by Gasteiger charge is 2.06. The van der Waals surface area contributed by atoms with Gasteiger partial charge in [0.1, 0.15) is 11.5 Å². The molecule has 0 unspecified atom stereocenters. The molecule has 0 saturated heterocycles. The van der Waals surface area contributed by atoms with Gasteiger partial charge in [-0.3, -0.25) is 4.79 Å². The third-order valence-corrected chi connectivity index (χ3v) is 3.76. The Morgan fingerprint density at radius 3 is 2.50 bits per heavy atom. The molecule has 2 rings (SSSR count). The second kappa shape index (κ2) is 12.1. The van der Waals surface area contributed by atoms with Gasteiger partial charge in [0.05, 0.1) is 20.2 Å². The van der Waals surface area contributed by atoms with Gasteiger partial charge >= 0.3 is 0 Å². The Bertz CT molecular complexity index is 795. The van der Waals surface area contributed by atoms with E-state index in [-0.39, 0.29) is 42.2 Å². The van der Waals surface area contributed by atoms with Crippen LogP contribution in [0.2, 0.25) is 0 Å². The molecule has 28 heavy (non-hydrogen) atoms. The van der Waals surface area contributed by atoms with Crippen LogP contribution in [0.4, 0.5) is 5.69 Å². The first-order chi connectivity index (χ1) is 13.0. The predicted octanol–water partition coefficient (Wildman–Crippen LogP) is 3.02. The molecule has 0 radical (unpaired) electrons. The van der Waals surface area contributed by atoms with Crippen molar-refractivity contribution in [2.45, 2.75) is 20.4 Å². The van der Waals surface area contributed by atoms with Gasteiger partial charge in [-0.15, -0.1) is 24.0 Å². The number of anilines is 1. The number of methoxy groups -OCH3 is 1. The van der Waals surface area contributed by atoms with Crippen LogP contribution in [0.25, 0.3) is 0 Å². The van der Waals surface area contributed by atoms with Crippen LogP contribution < -0.4 is 20.7 Å². The first-order valence-corrected chi connectivity index (χ1v) is 8.76. The van der Waals surface area contributed by atoms with Gasteiger partial charge in [-0.1, -0.05) is 12.1 Å². The maximum atomic E-state index is 12.1. The minimum Gasteiger partial charge on any atom is -0.508 e. The Morgan fingerprint density at radius 2 is 1.86 bits per heavy atom. The average Bonchev–Trinajstić information content (AvgIpc) is 2.66. The second-order valence-electron chi connectivity index (χ2n) is 5.96. The van der Waals surface area contributed by atoms with Crippen molar-refractivity contribution in [2.75, 3.05) is 25.5 Å². The summed E-state index contributed by atoms with van der Waals surface area (Å²) in [6, 6.07) is 12.3. The van der Waals surface area contributed by atoms with Crippen LogP contribution in [-0.2, 0) is 11.3 Å². The third-order valence-electron chi connectivity index (χ3n) is 3.76. The number of rotatable bonds is 7. The Hall–Kier alpha value is -2.49. The summed E-state index contributed by atoms with van der Waals surface area (Å²) in [6.45, 7) is 5.14. The number of hydrogen-bond donors (Lipinski definition) is 4. The van der Waals surface area contributed by atoms with Gasteiger partial charge in [0.2, 0.25) is 5.91 Å². The van der Waals surface area contributed by atoms with Crippen molar-refractivity contribution >= 4 is 41.5 Å². The van der Waals surface area contributed by atoms with Crippen LogP contribution in [-0.4, -0.2) is 37.2 Å². The van der Waals surface area contributed by atoms with E-state index in [0.717, 1.165) is 16.9 Å². The minimum atomic E-state index is -0.209. The molecule has 7 nitrogen and oxygen atoms in total. The zero-order valence-corrected chi connectivity index (χ0v) is 18.6. The Labute approximate surface area is 182 Å². The van der Waals surface area contributed by atoms with E-state index in [1.807, 2.05) is 32.0 Å². The molecular weight excluding hydrogens is 471 g/mol. The van der Waals surface area contributed by atoms with Gasteiger partial charge in [0.25, 0.3) is 0 Å². The van der Waals surface area contributed by atoms with E-state index in [2.05, 4.69) is 20.9 Å². The molecule has 0 aliphatic rings. The summed E-state index contributed by atoms with van der Waals surface area (Å²) >= 11 is 0. The van der Waals surface area contributed by atoms with Crippen molar-refractivity contribution in [3.63, 3.8) is 0 Å². The Kier molecular flexibility index (Phi) is 10.1. The van der Waals surface area contributed by atoms with Gasteiger partial charge in [0, 0.05) is 17.8 Å². The fourth-order valence-electron chi connectivity index (χ4n) is 2.40. The molecule has 4 N–H and O–H groups in total. The average molecular weight is 498 g/mol. The molecular formula is C20H27IN4O3. The number of aliphatic imine (C=N–C) groups is 1. The Morgan fingerprint density at radius 1 is 1.14 bits per heavy atom. The molecule has 0 bridgehead atoms.